The summed E-state index contributed by atoms with van der Waals surface area (Å²) >= 11 is 0. The van der Waals surface area contributed by atoms with Crippen molar-refractivity contribution in [2.75, 3.05) is 6.54 Å². The van der Waals surface area contributed by atoms with Crippen molar-refractivity contribution in [3.8, 4) is 0 Å². The average molecular weight is 244 g/mol. The molecule has 2 amide bonds. The van der Waals surface area contributed by atoms with Gasteiger partial charge in [-0.15, -0.1) is 0 Å². The van der Waals surface area contributed by atoms with Crippen LogP contribution >= 0.6 is 0 Å². The number of rotatable bonds is 4. The Morgan fingerprint density at radius 2 is 2.18 bits per heavy atom. The highest BCUT2D eigenvalue weighted by Crippen LogP contribution is 2.34. The van der Waals surface area contributed by atoms with Gasteiger partial charge in [-0.1, -0.05) is 0 Å². The van der Waals surface area contributed by atoms with E-state index in [-0.39, 0.29) is 24.8 Å². The average Bonchev–Trinajstić information content (AvgIpc) is 2.87. The van der Waals surface area contributed by atoms with Crippen molar-refractivity contribution in [3.63, 3.8) is 0 Å². The second kappa shape index (κ2) is 4.89. The molecule has 0 aromatic rings. The lowest BCUT2D eigenvalue weighted by Gasteiger charge is -2.20. The van der Waals surface area contributed by atoms with Crippen molar-refractivity contribution in [2.24, 2.45) is 0 Å². The summed E-state index contributed by atoms with van der Waals surface area (Å²) < 4.78 is 5.56. The molecule has 0 aromatic heterocycles. The Labute approximate surface area is 98.1 Å². The smallest absolute Gasteiger partial charge is 0.334 e. The van der Waals surface area contributed by atoms with Gasteiger partial charge in [-0.05, 0) is 19.3 Å². The van der Waals surface area contributed by atoms with Crippen molar-refractivity contribution in [3.05, 3.63) is 0 Å². The van der Waals surface area contributed by atoms with Gasteiger partial charge >= 0.3 is 12.0 Å². The molecule has 4 atom stereocenters. The van der Waals surface area contributed by atoms with Crippen LogP contribution in [-0.4, -0.2) is 53.1 Å². The minimum Gasteiger partial charge on any atom is -0.479 e. The highest BCUT2D eigenvalue weighted by Gasteiger charge is 2.41. The number of carboxylic acid groups (broad SMARTS) is 1. The molecule has 2 rings (SSSR count). The van der Waals surface area contributed by atoms with Gasteiger partial charge in [0.2, 0.25) is 0 Å². The Bertz CT molecular complexity index is 322. The van der Waals surface area contributed by atoms with E-state index in [1.54, 1.807) is 0 Å². The maximum absolute atomic E-state index is 11.4. The van der Waals surface area contributed by atoms with E-state index in [0.717, 1.165) is 19.3 Å². The Morgan fingerprint density at radius 1 is 1.41 bits per heavy atom. The van der Waals surface area contributed by atoms with Crippen LogP contribution in [0.4, 0.5) is 4.79 Å². The SMILES string of the molecule is O=C(NC[C@H](O)C(=O)O)NC1CC2CCC1O2. The first-order chi connectivity index (χ1) is 8.06. The maximum atomic E-state index is 11.4. The number of aliphatic hydroxyl groups excluding tert-OH is 1. The predicted molar refractivity (Wildman–Crippen MR) is 56.5 cm³/mol. The lowest BCUT2D eigenvalue weighted by Crippen LogP contribution is -2.48. The van der Waals surface area contributed by atoms with Gasteiger partial charge in [0.15, 0.2) is 6.10 Å². The molecule has 0 spiro atoms. The molecule has 4 N–H and O–H groups in total. The first-order valence-corrected chi connectivity index (χ1v) is 5.67. The summed E-state index contributed by atoms with van der Waals surface area (Å²) in [4.78, 5) is 21.7. The summed E-state index contributed by atoms with van der Waals surface area (Å²) in [6.07, 6.45) is 1.55. The van der Waals surface area contributed by atoms with E-state index < -0.39 is 18.1 Å². The molecule has 17 heavy (non-hydrogen) atoms. The first kappa shape index (κ1) is 12.1. The Morgan fingerprint density at radius 3 is 2.71 bits per heavy atom. The summed E-state index contributed by atoms with van der Waals surface area (Å²) in [6.45, 7) is -0.303. The van der Waals surface area contributed by atoms with Crippen LogP contribution in [-0.2, 0) is 9.53 Å². The number of carbonyl (C=O) groups excluding carboxylic acids is 1. The van der Waals surface area contributed by atoms with E-state index in [1.165, 1.54) is 0 Å². The minimum atomic E-state index is -1.57. The molecule has 3 unspecified atom stereocenters. The quantitative estimate of drug-likeness (QED) is 0.510. The highest BCUT2D eigenvalue weighted by molar-refractivity contribution is 5.76. The third-order valence-corrected chi connectivity index (χ3v) is 3.16. The predicted octanol–water partition coefficient (Wildman–Crippen LogP) is -0.949. The minimum absolute atomic E-state index is 0.00396. The van der Waals surface area contributed by atoms with Gasteiger partial charge in [-0.2, -0.15) is 0 Å². The molecule has 0 saturated carbocycles. The van der Waals surface area contributed by atoms with Crippen LogP contribution in [0.25, 0.3) is 0 Å². The Hall–Kier alpha value is -1.34. The topological polar surface area (TPSA) is 108 Å². The van der Waals surface area contributed by atoms with E-state index in [9.17, 15) is 9.59 Å². The fourth-order valence-electron chi connectivity index (χ4n) is 2.29. The van der Waals surface area contributed by atoms with Gasteiger partial charge in [0.05, 0.1) is 24.8 Å². The van der Waals surface area contributed by atoms with Crippen molar-refractivity contribution >= 4 is 12.0 Å². The van der Waals surface area contributed by atoms with Crippen LogP contribution in [0, 0.1) is 0 Å². The molecule has 2 saturated heterocycles. The Balaban J connectivity index is 1.69. The lowest BCUT2D eigenvalue weighted by atomic mass is 9.96. The van der Waals surface area contributed by atoms with E-state index >= 15 is 0 Å². The number of aliphatic hydroxyl groups is 1. The zero-order valence-electron chi connectivity index (χ0n) is 9.26. The number of ether oxygens (including phenoxy) is 1. The van der Waals surface area contributed by atoms with Gasteiger partial charge in [-0.25, -0.2) is 9.59 Å². The third-order valence-electron chi connectivity index (χ3n) is 3.16. The molecule has 96 valence electrons. The summed E-state index contributed by atoms with van der Waals surface area (Å²) in [6, 6.07) is -0.470. The number of carbonyl (C=O) groups is 2. The van der Waals surface area contributed by atoms with Gasteiger partial charge in [0.25, 0.3) is 0 Å². The molecule has 0 aromatic carbocycles. The van der Waals surface area contributed by atoms with E-state index in [2.05, 4.69) is 10.6 Å². The maximum Gasteiger partial charge on any atom is 0.334 e. The second-order valence-corrected chi connectivity index (χ2v) is 4.42. The number of hydrogen-bond acceptors (Lipinski definition) is 4. The number of hydrogen-bond donors (Lipinski definition) is 4. The van der Waals surface area contributed by atoms with Crippen molar-refractivity contribution in [1.29, 1.82) is 0 Å². The summed E-state index contributed by atoms with van der Waals surface area (Å²) in [5.74, 6) is -1.35. The number of fused-ring (bicyclic) bond motifs is 2. The molecule has 2 heterocycles. The molecule has 0 radical (unpaired) electrons. The summed E-state index contributed by atoms with van der Waals surface area (Å²) in [7, 11) is 0. The molecule has 0 aliphatic carbocycles. The van der Waals surface area contributed by atoms with Crippen molar-refractivity contribution < 1.29 is 24.5 Å². The molecular formula is C10H16N2O5. The normalized spacial score (nSPS) is 32.2. The van der Waals surface area contributed by atoms with Crippen LogP contribution in [0.3, 0.4) is 0 Å². The van der Waals surface area contributed by atoms with Crippen LogP contribution < -0.4 is 10.6 Å². The van der Waals surface area contributed by atoms with Crippen molar-refractivity contribution in [1.82, 2.24) is 10.6 Å². The second-order valence-electron chi connectivity index (χ2n) is 4.42. The van der Waals surface area contributed by atoms with E-state index in [4.69, 9.17) is 14.9 Å². The van der Waals surface area contributed by atoms with Crippen LogP contribution in [0.2, 0.25) is 0 Å². The fraction of sp³-hybridized carbons (Fsp3) is 0.800. The first-order valence-electron chi connectivity index (χ1n) is 5.67. The largest absolute Gasteiger partial charge is 0.479 e. The number of carboxylic acids is 1. The molecule has 2 aliphatic heterocycles. The van der Waals surface area contributed by atoms with Gasteiger partial charge in [0, 0.05) is 0 Å². The molecule has 2 aliphatic rings. The highest BCUT2D eigenvalue weighted by atomic mass is 16.5. The molecule has 2 bridgehead atoms. The number of amides is 2. The number of nitrogens with one attached hydrogen (secondary N) is 2. The zero-order chi connectivity index (χ0) is 12.4. The van der Waals surface area contributed by atoms with Gasteiger partial charge in [-0.3, -0.25) is 0 Å². The fourth-order valence-corrected chi connectivity index (χ4v) is 2.29. The van der Waals surface area contributed by atoms with Crippen LogP contribution in [0.1, 0.15) is 19.3 Å². The standard InChI is InChI=1S/C10H16N2O5/c13-7(9(14)15)4-11-10(16)12-6-3-5-1-2-8(6)17-5/h5-8,13H,1-4H2,(H,14,15)(H2,11,12,16)/t5?,6?,7-,8?/m0/s1. The molecule has 7 heteroatoms. The molecular weight excluding hydrogens is 228 g/mol. The molecule has 2 fully saturated rings. The number of urea groups is 1. The lowest BCUT2D eigenvalue weighted by molar-refractivity contribution is -0.146. The molecule has 7 nitrogen and oxygen atoms in total. The van der Waals surface area contributed by atoms with E-state index in [0.29, 0.717) is 0 Å². The van der Waals surface area contributed by atoms with Gasteiger partial charge in [0.1, 0.15) is 0 Å². The van der Waals surface area contributed by atoms with Crippen LogP contribution in [0.15, 0.2) is 0 Å². The van der Waals surface area contributed by atoms with E-state index in [1.807, 2.05) is 0 Å². The Kier molecular flexibility index (Phi) is 3.49. The summed E-state index contributed by atoms with van der Waals surface area (Å²) in [5.41, 5.74) is 0. The monoisotopic (exact) mass is 244 g/mol. The van der Waals surface area contributed by atoms with Gasteiger partial charge < -0.3 is 25.6 Å². The van der Waals surface area contributed by atoms with Crippen LogP contribution in [0.5, 0.6) is 0 Å². The van der Waals surface area contributed by atoms with Crippen molar-refractivity contribution in [2.45, 2.75) is 43.6 Å². The summed E-state index contributed by atoms with van der Waals surface area (Å²) in [5, 5.41) is 22.4. The third kappa shape index (κ3) is 2.86. The zero-order valence-corrected chi connectivity index (χ0v) is 9.26. The number of aliphatic carboxylic acids is 1.